The molecule has 2 aromatic carbocycles. The molecule has 0 unspecified atom stereocenters. The third-order valence-corrected chi connectivity index (χ3v) is 6.51. The molecule has 1 aliphatic heterocycles. The van der Waals surface area contributed by atoms with E-state index in [0.717, 1.165) is 43.9 Å². The lowest BCUT2D eigenvalue weighted by Gasteiger charge is -2.20. The molecule has 0 aromatic heterocycles. The van der Waals surface area contributed by atoms with Crippen LogP contribution in [0.25, 0.3) is 0 Å². The smallest absolute Gasteiger partial charge is 0.262 e. The number of benzene rings is 2. The van der Waals surface area contributed by atoms with Gasteiger partial charge in [-0.05, 0) is 49.2 Å². The van der Waals surface area contributed by atoms with Gasteiger partial charge in [-0.15, -0.1) is 0 Å². The van der Waals surface area contributed by atoms with Crippen molar-refractivity contribution in [3.8, 4) is 5.75 Å². The van der Waals surface area contributed by atoms with Crippen molar-refractivity contribution in [2.75, 3.05) is 25.0 Å². The number of hydrogen-bond acceptors (Lipinski definition) is 4. The van der Waals surface area contributed by atoms with Gasteiger partial charge in [0.2, 0.25) is 10.0 Å². The molecule has 0 radical (unpaired) electrons. The average Bonchev–Trinajstić information content (AvgIpc) is 3.00. The van der Waals surface area contributed by atoms with E-state index in [1.807, 2.05) is 0 Å². The van der Waals surface area contributed by atoms with Crippen molar-refractivity contribution < 1.29 is 26.7 Å². The topological polar surface area (TPSA) is 75.7 Å². The number of sulfonamides is 1. The molecule has 29 heavy (non-hydrogen) atoms. The summed E-state index contributed by atoms with van der Waals surface area (Å²) in [6.45, 7) is 0.586. The quantitative estimate of drug-likeness (QED) is 0.770. The Morgan fingerprint density at radius 2 is 1.66 bits per heavy atom. The molecule has 1 N–H and O–H groups in total. The Bertz CT molecular complexity index is 957. The Labute approximate surface area is 168 Å². The minimum absolute atomic E-state index is 0.165. The van der Waals surface area contributed by atoms with Gasteiger partial charge in [-0.2, -0.15) is 4.31 Å². The number of carbonyl (C=O) groups excluding carboxylic acids is 1. The van der Waals surface area contributed by atoms with Gasteiger partial charge in [-0.3, -0.25) is 4.79 Å². The van der Waals surface area contributed by atoms with Crippen LogP contribution < -0.4 is 10.1 Å². The lowest BCUT2D eigenvalue weighted by atomic mass is 10.2. The Morgan fingerprint density at radius 3 is 2.31 bits per heavy atom. The molecule has 1 heterocycles. The van der Waals surface area contributed by atoms with Crippen molar-refractivity contribution in [2.45, 2.75) is 30.6 Å². The maximum Gasteiger partial charge on any atom is 0.262 e. The lowest BCUT2D eigenvalue weighted by molar-refractivity contribution is -0.118. The molecular formula is C20H22F2N2O4S. The van der Waals surface area contributed by atoms with Gasteiger partial charge < -0.3 is 10.1 Å². The van der Waals surface area contributed by atoms with Gasteiger partial charge in [-0.25, -0.2) is 17.2 Å². The summed E-state index contributed by atoms with van der Waals surface area (Å²) in [6.07, 6.45) is 3.75. The van der Waals surface area contributed by atoms with E-state index in [1.54, 1.807) is 0 Å². The second kappa shape index (κ2) is 9.32. The molecule has 0 saturated carbocycles. The number of hydrogen-bond donors (Lipinski definition) is 1. The molecule has 9 heteroatoms. The fourth-order valence-electron chi connectivity index (χ4n) is 3.07. The summed E-state index contributed by atoms with van der Waals surface area (Å²) in [5.74, 6) is -1.82. The highest BCUT2D eigenvalue weighted by molar-refractivity contribution is 7.89. The van der Waals surface area contributed by atoms with Crippen molar-refractivity contribution >= 4 is 21.6 Å². The standard InChI is InChI=1S/C20H22F2N2O4S/c21-15-5-10-18(22)19(13-15)23-20(25)14-28-16-6-8-17(9-7-16)29(26,27)24-11-3-1-2-4-12-24/h5-10,13H,1-4,11-12,14H2,(H,23,25). The summed E-state index contributed by atoms with van der Waals surface area (Å²) in [4.78, 5) is 12.1. The summed E-state index contributed by atoms with van der Waals surface area (Å²) in [5, 5.41) is 2.22. The maximum atomic E-state index is 13.5. The Hall–Kier alpha value is -2.52. The van der Waals surface area contributed by atoms with E-state index in [0.29, 0.717) is 13.1 Å². The Morgan fingerprint density at radius 1 is 1.00 bits per heavy atom. The highest BCUT2D eigenvalue weighted by Gasteiger charge is 2.25. The molecule has 3 rings (SSSR count). The van der Waals surface area contributed by atoms with Crippen molar-refractivity contribution in [1.82, 2.24) is 4.31 Å². The zero-order valence-electron chi connectivity index (χ0n) is 15.7. The van der Waals surface area contributed by atoms with E-state index < -0.39 is 34.2 Å². The zero-order chi connectivity index (χ0) is 20.9. The fraction of sp³-hybridized carbons (Fsp3) is 0.350. The molecule has 0 bridgehead atoms. The first kappa shape index (κ1) is 21.2. The molecule has 156 valence electrons. The number of nitrogens with one attached hydrogen (secondary N) is 1. The van der Waals surface area contributed by atoms with E-state index in [4.69, 9.17) is 4.74 Å². The van der Waals surface area contributed by atoms with Crippen molar-refractivity contribution in [3.63, 3.8) is 0 Å². The van der Waals surface area contributed by atoms with Crippen molar-refractivity contribution in [1.29, 1.82) is 0 Å². The van der Waals surface area contributed by atoms with E-state index >= 15 is 0 Å². The normalized spacial score (nSPS) is 15.5. The summed E-state index contributed by atoms with van der Waals surface area (Å²) in [5.41, 5.74) is -0.280. The molecule has 6 nitrogen and oxygen atoms in total. The van der Waals surface area contributed by atoms with Crippen molar-refractivity contribution in [3.05, 3.63) is 54.1 Å². The molecule has 2 aromatic rings. The number of halogens is 2. The fourth-order valence-corrected chi connectivity index (χ4v) is 4.58. The highest BCUT2D eigenvalue weighted by Crippen LogP contribution is 2.22. The van der Waals surface area contributed by atoms with E-state index in [2.05, 4.69) is 5.32 Å². The Balaban J connectivity index is 1.59. The molecule has 0 aliphatic carbocycles. The van der Waals surface area contributed by atoms with Gasteiger partial charge in [0.1, 0.15) is 17.4 Å². The van der Waals surface area contributed by atoms with Crippen LogP contribution in [0.4, 0.5) is 14.5 Å². The second-order valence-electron chi connectivity index (χ2n) is 6.75. The predicted octanol–water partition coefficient (Wildman–Crippen LogP) is 3.55. The lowest BCUT2D eigenvalue weighted by Crippen LogP contribution is -2.31. The largest absolute Gasteiger partial charge is 0.484 e. The molecule has 1 aliphatic rings. The van der Waals surface area contributed by atoms with Gasteiger partial charge in [0, 0.05) is 19.2 Å². The van der Waals surface area contributed by atoms with Gasteiger partial charge in [-0.1, -0.05) is 12.8 Å². The number of ether oxygens (including phenoxy) is 1. The van der Waals surface area contributed by atoms with Crippen molar-refractivity contribution in [2.24, 2.45) is 0 Å². The van der Waals surface area contributed by atoms with Crippen LogP contribution in [-0.4, -0.2) is 38.3 Å². The molecule has 1 fully saturated rings. The van der Waals surface area contributed by atoms with Gasteiger partial charge >= 0.3 is 0 Å². The van der Waals surface area contributed by atoms with Crippen LogP contribution in [0.3, 0.4) is 0 Å². The van der Waals surface area contributed by atoms with Crippen LogP contribution in [0.1, 0.15) is 25.7 Å². The van der Waals surface area contributed by atoms with Gasteiger partial charge in [0.25, 0.3) is 5.91 Å². The number of amides is 1. The minimum atomic E-state index is -3.56. The third kappa shape index (κ3) is 5.51. The number of anilines is 1. The zero-order valence-corrected chi connectivity index (χ0v) is 16.6. The summed E-state index contributed by atoms with van der Waals surface area (Å²) >= 11 is 0. The van der Waals surface area contributed by atoms with Crippen LogP contribution in [-0.2, 0) is 14.8 Å². The van der Waals surface area contributed by atoms with E-state index in [1.165, 1.54) is 28.6 Å². The summed E-state index contributed by atoms with van der Waals surface area (Å²) in [7, 11) is -3.56. The number of rotatable bonds is 6. The SMILES string of the molecule is O=C(COc1ccc(S(=O)(=O)N2CCCCCC2)cc1)Nc1cc(F)ccc1F. The van der Waals surface area contributed by atoms with Crippen LogP contribution in [0.5, 0.6) is 5.75 Å². The second-order valence-corrected chi connectivity index (χ2v) is 8.69. The third-order valence-electron chi connectivity index (χ3n) is 4.60. The molecule has 1 saturated heterocycles. The highest BCUT2D eigenvalue weighted by atomic mass is 32.2. The monoisotopic (exact) mass is 424 g/mol. The molecular weight excluding hydrogens is 402 g/mol. The van der Waals surface area contributed by atoms with Crippen LogP contribution >= 0.6 is 0 Å². The van der Waals surface area contributed by atoms with E-state index in [9.17, 15) is 22.0 Å². The number of carbonyl (C=O) groups is 1. The van der Waals surface area contributed by atoms with Crippen LogP contribution in [0, 0.1) is 11.6 Å². The Kier molecular flexibility index (Phi) is 6.81. The summed E-state index contributed by atoms with van der Waals surface area (Å²) < 4.78 is 59.0. The first-order chi connectivity index (χ1) is 13.9. The first-order valence-electron chi connectivity index (χ1n) is 9.34. The molecule has 0 spiro atoms. The average molecular weight is 424 g/mol. The van der Waals surface area contributed by atoms with Gasteiger partial charge in [0.15, 0.2) is 6.61 Å². The molecule has 0 atom stereocenters. The van der Waals surface area contributed by atoms with E-state index in [-0.39, 0.29) is 16.3 Å². The molecule has 1 amide bonds. The maximum absolute atomic E-state index is 13.5. The predicted molar refractivity (Wildman–Crippen MR) is 104 cm³/mol. The van der Waals surface area contributed by atoms with Gasteiger partial charge in [0.05, 0.1) is 10.6 Å². The van der Waals surface area contributed by atoms with Crippen LogP contribution in [0.2, 0.25) is 0 Å². The number of nitrogens with zero attached hydrogens (tertiary/aromatic N) is 1. The minimum Gasteiger partial charge on any atom is -0.484 e. The summed E-state index contributed by atoms with van der Waals surface area (Å²) in [6, 6.07) is 8.51. The van der Waals surface area contributed by atoms with Crippen LogP contribution in [0.15, 0.2) is 47.4 Å². The first-order valence-corrected chi connectivity index (χ1v) is 10.8.